The van der Waals surface area contributed by atoms with Gasteiger partial charge in [-0.05, 0) is 37.5 Å². The van der Waals surface area contributed by atoms with Gasteiger partial charge in [-0.3, -0.25) is 4.79 Å². The largest absolute Gasteiger partial charge is 0.453 e. The molecule has 0 bridgehead atoms. The lowest BCUT2D eigenvalue weighted by Gasteiger charge is -2.33. The first-order valence-electron chi connectivity index (χ1n) is 11.4. The van der Waals surface area contributed by atoms with E-state index in [0.29, 0.717) is 29.3 Å². The van der Waals surface area contributed by atoms with E-state index in [-0.39, 0.29) is 24.6 Å². The van der Waals surface area contributed by atoms with Crippen molar-refractivity contribution >= 4 is 29.3 Å². The highest BCUT2D eigenvalue weighted by molar-refractivity contribution is 6.04. The molecule has 4 rings (SSSR count). The number of aliphatic hydroxyl groups is 1. The molecule has 2 heterocycles. The van der Waals surface area contributed by atoms with Crippen LogP contribution < -0.4 is 21.3 Å². The molecule has 2 atom stereocenters. The Bertz CT molecular complexity index is 1150. The van der Waals surface area contributed by atoms with E-state index in [1.807, 2.05) is 31.2 Å². The Balaban J connectivity index is 1.75. The molecule has 2 amide bonds. The summed E-state index contributed by atoms with van der Waals surface area (Å²) in [7, 11) is 1.35. The van der Waals surface area contributed by atoms with Crippen molar-refractivity contribution in [3.05, 3.63) is 46.5 Å². The molecule has 2 aromatic rings. The van der Waals surface area contributed by atoms with Gasteiger partial charge in [0, 0.05) is 23.8 Å². The number of aryl methyl sites for hydroxylation is 1. The highest BCUT2D eigenvalue weighted by atomic mass is 16.5. The van der Waals surface area contributed by atoms with Crippen LogP contribution in [0, 0.1) is 18.8 Å². The Morgan fingerprint density at radius 2 is 2.06 bits per heavy atom. The van der Waals surface area contributed by atoms with E-state index in [4.69, 9.17) is 9.72 Å². The predicted molar refractivity (Wildman–Crippen MR) is 129 cm³/mol. The zero-order chi connectivity index (χ0) is 24.1. The summed E-state index contributed by atoms with van der Waals surface area (Å²) < 4.78 is 4.80. The lowest BCUT2D eigenvalue weighted by atomic mass is 9.90. The van der Waals surface area contributed by atoms with Crippen LogP contribution in [-0.4, -0.2) is 47.9 Å². The summed E-state index contributed by atoms with van der Waals surface area (Å²) in [6, 6.07) is 7.59. The standard InChI is InChI=1S/C25H29N5O4/c1-15-7-5-8-16(13-15)27-23-21-18(14-26-24(21)32)17(9-6-12-31)22(30-23)28-19-10-3-4-11-20(19)29-25(33)34-2/h5,7-8,13,19-20,31H,3-4,10-12,14H2,1-2H3,(H,26,32)(H,29,33)(H2,27,28,30)/t19-,20+/m1/s1. The molecule has 0 unspecified atom stereocenters. The maximum absolute atomic E-state index is 12.7. The SMILES string of the molecule is COC(=O)N[C@H]1CCCC[C@H]1Nc1nc(Nc2cccc(C)c2)c2c(c1C#CCO)CNC2=O. The van der Waals surface area contributed by atoms with Gasteiger partial charge < -0.3 is 31.1 Å². The zero-order valence-corrected chi connectivity index (χ0v) is 19.3. The Morgan fingerprint density at radius 1 is 1.26 bits per heavy atom. The Labute approximate surface area is 198 Å². The number of methoxy groups -OCH3 is 1. The number of benzene rings is 1. The fourth-order valence-corrected chi connectivity index (χ4v) is 4.49. The molecule has 1 aromatic carbocycles. The van der Waals surface area contributed by atoms with E-state index in [1.165, 1.54) is 7.11 Å². The number of aliphatic hydroxyl groups excluding tert-OH is 1. The van der Waals surface area contributed by atoms with E-state index in [9.17, 15) is 14.7 Å². The van der Waals surface area contributed by atoms with Gasteiger partial charge in [0.05, 0.1) is 24.3 Å². The third kappa shape index (κ3) is 5.07. The number of amides is 2. The zero-order valence-electron chi connectivity index (χ0n) is 19.3. The molecule has 1 aliphatic carbocycles. The number of rotatable bonds is 5. The molecule has 0 radical (unpaired) electrons. The number of nitrogens with zero attached hydrogens (tertiary/aromatic N) is 1. The summed E-state index contributed by atoms with van der Waals surface area (Å²) in [6.07, 6.45) is 3.17. The molecule has 34 heavy (non-hydrogen) atoms. The molecular formula is C25H29N5O4. The molecule has 0 spiro atoms. The number of aromatic nitrogens is 1. The van der Waals surface area contributed by atoms with Gasteiger partial charge in [0.2, 0.25) is 0 Å². The fraction of sp³-hybridized carbons (Fsp3) is 0.400. The third-order valence-corrected chi connectivity index (χ3v) is 6.10. The second kappa shape index (κ2) is 10.4. The van der Waals surface area contributed by atoms with Crippen molar-refractivity contribution in [1.29, 1.82) is 0 Å². The lowest BCUT2D eigenvalue weighted by Crippen LogP contribution is -2.48. The normalized spacial score (nSPS) is 18.7. The van der Waals surface area contributed by atoms with Crippen LogP contribution in [-0.2, 0) is 11.3 Å². The van der Waals surface area contributed by atoms with E-state index in [2.05, 4.69) is 33.1 Å². The van der Waals surface area contributed by atoms with Gasteiger partial charge in [-0.1, -0.05) is 36.8 Å². The van der Waals surface area contributed by atoms with Crippen molar-refractivity contribution in [2.24, 2.45) is 0 Å². The molecule has 1 fully saturated rings. The molecule has 2 aliphatic rings. The average molecular weight is 464 g/mol. The van der Waals surface area contributed by atoms with Gasteiger partial charge >= 0.3 is 6.09 Å². The van der Waals surface area contributed by atoms with Crippen molar-refractivity contribution in [3.63, 3.8) is 0 Å². The predicted octanol–water partition coefficient (Wildman–Crippen LogP) is 2.80. The van der Waals surface area contributed by atoms with E-state index >= 15 is 0 Å². The maximum atomic E-state index is 12.7. The quantitative estimate of drug-likeness (QED) is 0.432. The molecule has 178 valence electrons. The van der Waals surface area contributed by atoms with Crippen molar-refractivity contribution in [2.75, 3.05) is 24.4 Å². The first-order valence-corrected chi connectivity index (χ1v) is 11.4. The summed E-state index contributed by atoms with van der Waals surface area (Å²) in [5.74, 6) is 6.39. The number of pyridine rings is 1. The Morgan fingerprint density at radius 3 is 2.79 bits per heavy atom. The average Bonchev–Trinajstić information content (AvgIpc) is 3.21. The molecule has 1 aliphatic heterocycles. The number of carbonyl (C=O) groups is 2. The highest BCUT2D eigenvalue weighted by Gasteiger charge is 2.32. The molecule has 0 saturated heterocycles. The van der Waals surface area contributed by atoms with Crippen LogP contribution in [0.5, 0.6) is 0 Å². The molecule has 1 saturated carbocycles. The summed E-state index contributed by atoms with van der Waals surface area (Å²) in [6.45, 7) is 2.00. The molecule has 1 aromatic heterocycles. The number of nitrogens with one attached hydrogen (secondary N) is 4. The Hall–Kier alpha value is -3.77. The van der Waals surface area contributed by atoms with E-state index < -0.39 is 6.09 Å². The number of anilines is 3. The van der Waals surface area contributed by atoms with Crippen LogP contribution in [0.4, 0.5) is 22.1 Å². The number of alkyl carbamates (subject to hydrolysis) is 1. The first-order chi connectivity index (χ1) is 16.5. The highest BCUT2D eigenvalue weighted by Crippen LogP contribution is 2.33. The number of fused-ring (bicyclic) bond motifs is 1. The van der Waals surface area contributed by atoms with Crippen LogP contribution in [0.2, 0.25) is 0 Å². The summed E-state index contributed by atoms with van der Waals surface area (Å²) in [4.78, 5) is 29.4. The number of hydrogen-bond donors (Lipinski definition) is 5. The number of carbonyl (C=O) groups excluding carboxylic acids is 2. The monoisotopic (exact) mass is 463 g/mol. The minimum absolute atomic E-state index is 0.0926. The fourth-order valence-electron chi connectivity index (χ4n) is 4.49. The first kappa shape index (κ1) is 23.4. The number of hydrogen-bond acceptors (Lipinski definition) is 7. The lowest BCUT2D eigenvalue weighted by molar-refractivity contribution is 0.0966. The van der Waals surface area contributed by atoms with E-state index in [0.717, 1.165) is 42.5 Å². The van der Waals surface area contributed by atoms with Crippen molar-refractivity contribution in [3.8, 4) is 11.8 Å². The van der Waals surface area contributed by atoms with E-state index in [1.54, 1.807) is 0 Å². The van der Waals surface area contributed by atoms with Gasteiger partial charge in [0.15, 0.2) is 0 Å². The van der Waals surface area contributed by atoms with Gasteiger partial charge in [0.25, 0.3) is 5.91 Å². The molecular weight excluding hydrogens is 434 g/mol. The second-order valence-electron chi connectivity index (χ2n) is 8.45. The third-order valence-electron chi connectivity index (χ3n) is 6.10. The molecule has 5 N–H and O–H groups in total. The molecule has 9 nitrogen and oxygen atoms in total. The summed E-state index contributed by atoms with van der Waals surface area (Å²) in [5, 5.41) is 21.9. The van der Waals surface area contributed by atoms with Crippen LogP contribution in [0.15, 0.2) is 24.3 Å². The summed E-state index contributed by atoms with van der Waals surface area (Å²) >= 11 is 0. The number of ether oxygens (including phenoxy) is 1. The smallest absolute Gasteiger partial charge is 0.407 e. The summed E-state index contributed by atoms with van der Waals surface area (Å²) in [5.41, 5.74) is 3.64. The van der Waals surface area contributed by atoms with Crippen molar-refractivity contribution in [2.45, 2.75) is 51.2 Å². The minimum atomic E-state index is -0.475. The van der Waals surface area contributed by atoms with Crippen LogP contribution in [0.25, 0.3) is 0 Å². The van der Waals surface area contributed by atoms with Crippen molar-refractivity contribution < 1.29 is 19.4 Å². The van der Waals surface area contributed by atoms with Gasteiger partial charge in [0.1, 0.15) is 18.2 Å². The van der Waals surface area contributed by atoms with Gasteiger partial charge in [-0.25, -0.2) is 9.78 Å². The van der Waals surface area contributed by atoms with Crippen LogP contribution >= 0.6 is 0 Å². The topological polar surface area (TPSA) is 125 Å². The van der Waals surface area contributed by atoms with Gasteiger partial charge in [-0.2, -0.15) is 0 Å². The van der Waals surface area contributed by atoms with Crippen LogP contribution in [0.3, 0.4) is 0 Å². The van der Waals surface area contributed by atoms with Crippen molar-refractivity contribution in [1.82, 2.24) is 15.6 Å². The second-order valence-corrected chi connectivity index (χ2v) is 8.45. The molecule has 9 heteroatoms. The minimum Gasteiger partial charge on any atom is -0.453 e. The van der Waals surface area contributed by atoms with Gasteiger partial charge in [-0.15, -0.1) is 0 Å². The maximum Gasteiger partial charge on any atom is 0.407 e. The van der Waals surface area contributed by atoms with Crippen LogP contribution in [0.1, 0.15) is 52.7 Å². The Kier molecular flexibility index (Phi) is 7.18.